The van der Waals surface area contributed by atoms with E-state index in [2.05, 4.69) is 24.1 Å². The molecule has 0 bridgehead atoms. The molecule has 2 heteroatoms. The monoisotopic (exact) mass is 254 g/mol. The maximum Gasteiger partial charge on any atom is -0.00161 e. The second-order valence-electron chi connectivity index (χ2n) is 5.84. The third kappa shape index (κ3) is 7.38. The molecule has 1 heterocycles. The normalized spacial score (nSPS) is 22.0. The van der Waals surface area contributed by atoms with Crippen LogP contribution in [0.2, 0.25) is 0 Å². The number of hydrogen-bond donors (Lipinski definition) is 1. The fourth-order valence-electron chi connectivity index (χ4n) is 3.08. The van der Waals surface area contributed by atoms with Crippen molar-refractivity contribution in [2.24, 2.45) is 5.92 Å². The summed E-state index contributed by atoms with van der Waals surface area (Å²) in [6, 6.07) is 0. The van der Waals surface area contributed by atoms with Crippen LogP contribution < -0.4 is 5.32 Å². The van der Waals surface area contributed by atoms with E-state index >= 15 is 0 Å². The first-order valence-electron chi connectivity index (χ1n) is 8.29. The predicted octanol–water partition coefficient (Wildman–Crippen LogP) is 3.67. The fraction of sp³-hybridized carbons (Fsp3) is 1.00. The maximum atomic E-state index is 3.40. The summed E-state index contributed by atoms with van der Waals surface area (Å²) in [5, 5.41) is 3.40. The van der Waals surface area contributed by atoms with Crippen molar-refractivity contribution < 1.29 is 0 Å². The van der Waals surface area contributed by atoms with Crippen molar-refractivity contribution in [1.82, 2.24) is 10.2 Å². The zero-order valence-corrected chi connectivity index (χ0v) is 12.7. The van der Waals surface area contributed by atoms with Crippen LogP contribution in [0.1, 0.15) is 65.2 Å². The Morgan fingerprint density at radius 3 is 2.72 bits per heavy atom. The van der Waals surface area contributed by atoms with Crippen LogP contribution in [0, 0.1) is 5.92 Å². The molecule has 1 rings (SSSR count). The summed E-state index contributed by atoms with van der Waals surface area (Å²) >= 11 is 0. The average Bonchev–Trinajstić information content (AvgIpc) is 2.60. The van der Waals surface area contributed by atoms with Gasteiger partial charge in [0.05, 0.1) is 0 Å². The van der Waals surface area contributed by atoms with Gasteiger partial charge in [-0.05, 0) is 70.7 Å². The Bertz CT molecular complexity index is 182. The lowest BCUT2D eigenvalue weighted by atomic mass is 9.96. The molecule has 1 unspecified atom stereocenters. The van der Waals surface area contributed by atoms with Crippen molar-refractivity contribution in [2.45, 2.75) is 65.2 Å². The molecule has 0 saturated carbocycles. The topological polar surface area (TPSA) is 15.3 Å². The van der Waals surface area contributed by atoms with Crippen LogP contribution in [-0.2, 0) is 0 Å². The highest BCUT2D eigenvalue weighted by atomic mass is 15.1. The number of likely N-dealkylation sites (tertiary alicyclic amines) is 1. The fourth-order valence-corrected chi connectivity index (χ4v) is 3.08. The Balaban J connectivity index is 2.01. The van der Waals surface area contributed by atoms with E-state index in [9.17, 15) is 0 Å². The van der Waals surface area contributed by atoms with Crippen LogP contribution in [-0.4, -0.2) is 37.6 Å². The molecular formula is C16H34N2. The Hall–Kier alpha value is -0.0800. The van der Waals surface area contributed by atoms with E-state index in [0.717, 1.165) is 12.5 Å². The van der Waals surface area contributed by atoms with E-state index in [-0.39, 0.29) is 0 Å². The maximum absolute atomic E-state index is 3.40. The minimum Gasteiger partial charge on any atom is -0.317 e. The van der Waals surface area contributed by atoms with E-state index in [1.54, 1.807) is 0 Å². The predicted molar refractivity (Wildman–Crippen MR) is 81.1 cm³/mol. The van der Waals surface area contributed by atoms with E-state index in [0.29, 0.717) is 0 Å². The Labute approximate surface area is 115 Å². The SMILES string of the molecule is CCCC1CCCN(CCCCCNCC)CC1. The molecule has 1 aliphatic rings. The van der Waals surface area contributed by atoms with Crippen molar-refractivity contribution in [2.75, 3.05) is 32.7 Å². The molecule has 2 nitrogen and oxygen atoms in total. The lowest BCUT2D eigenvalue weighted by Gasteiger charge is -2.20. The van der Waals surface area contributed by atoms with Crippen LogP contribution in [0.15, 0.2) is 0 Å². The molecule has 1 N–H and O–H groups in total. The van der Waals surface area contributed by atoms with Gasteiger partial charge in [0.15, 0.2) is 0 Å². The summed E-state index contributed by atoms with van der Waals surface area (Å²) in [4.78, 5) is 2.71. The van der Waals surface area contributed by atoms with Gasteiger partial charge in [0.25, 0.3) is 0 Å². The summed E-state index contributed by atoms with van der Waals surface area (Å²) in [5.74, 6) is 1.02. The van der Waals surface area contributed by atoms with Gasteiger partial charge in [-0.2, -0.15) is 0 Å². The molecule has 0 amide bonds. The molecule has 0 radical (unpaired) electrons. The average molecular weight is 254 g/mol. The molecule has 0 aromatic carbocycles. The molecule has 1 aliphatic heterocycles. The standard InChI is InChI=1S/C16H34N2/c1-3-9-16-10-8-14-18(15-11-16)13-7-5-6-12-17-4-2/h16-17H,3-15H2,1-2H3. The smallest absolute Gasteiger partial charge is 0.00161 e. The van der Waals surface area contributed by atoms with Crippen LogP contribution in [0.4, 0.5) is 0 Å². The second kappa shape index (κ2) is 10.8. The molecule has 0 aromatic rings. The molecule has 0 spiro atoms. The van der Waals surface area contributed by atoms with E-state index < -0.39 is 0 Å². The van der Waals surface area contributed by atoms with Crippen molar-refractivity contribution in [1.29, 1.82) is 0 Å². The van der Waals surface area contributed by atoms with Gasteiger partial charge in [-0.25, -0.2) is 0 Å². The van der Waals surface area contributed by atoms with Crippen LogP contribution in [0.3, 0.4) is 0 Å². The highest BCUT2D eigenvalue weighted by Gasteiger charge is 2.15. The summed E-state index contributed by atoms with van der Waals surface area (Å²) in [6.45, 7) is 10.9. The number of nitrogens with one attached hydrogen (secondary N) is 1. The Morgan fingerprint density at radius 2 is 1.94 bits per heavy atom. The van der Waals surface area contributed by atoms with Crippen LogP contribution in [0.5, 0.6) is 0 Å². The third-order valence-electron chi connectivity index (χ3n) is 4.22. The first-order valence-corrected chi connectivity index (χ1v) is 8.29. The quantitative estimate of drug-likeness (QED) is 0.632. The molecule has 1 atom stereocenters. The first-order chi connectivity index (χ1) is 8.86. The van der Waals surface area contributed by atoms with Crippen LogP contribution in [0.25, 0.3) is 0 Å². The molecule has 0 aromatic heterocycles. The van der Waals surface area contributed by atoms with Crippen molar-refractivity contribution in [3.05, 3.63) is 0 Å². The minimum atomic E-state index is 1.02. The highest BCUT2D eigenvalue weighted by molar-refractivity contribution is 4.70. The van der Waals surface area contributed by atoms with Gasteiger partial charge in [-0.3, -0.25) is 0 Å². The third-order valence-corrected chi connectivity index (χ3v) is 4.22. The van der Waals surface area contributed by atoms with E-state index in [1.807, 2.05) is 0 Å². The van der Waals surface area contributed by atoms with Gasteiger partial charge in [0.1, 0.15) is 0 Å². The van der Waals surface area contributed by atoms with E-state index in [4.69, 9.17) is 0 Å². The van der Waals surface area contributed by atoms with Gasteiger partial charge < -0.3 is 10.2 Å². The van der Waals surface area contributed by atoms with Gasteiger partial charge in [0, 0.05) is 0 Å². The molecule has 108 valence electrons. The lowest BCUT2D eigenvalue weighted by Crippen LogP contribution is -2.26. The summed E-state index contributed by atoms with van der Waals surface area (Å²) in [7, 11) is 0. The zero-order valence-electron chi connectivity index (χ0n) is 12.7. The molecule has 18 heavy (non-hydrogen) atoms. The zero-order chi connectivity index (χ0) is 13.1. The molecule has 1 saturated heterocycles. The number of unbranched alkanes of at least 4 members (excludes halogenated alkanes) is 2. The number of hydrogen-bond acceptors (Lipinski definition) is 2. The summed E-state index contributed by atoms with van der Waals surface area (Å²) < 4.78 is 0. The molecular weight excluding hydrogens is 220 g/mol. The van der Waals surface area contributed by atoms with Crippen molar-refractivity contribution >= 4 is 0 Å². The van der Waals surface area contributed by atoms with Gasteiger partial charge in [-0.1, -0.05) is 33.1 Å². The highest BCUT2D eigenvalue weighted by Crippen LogP contribution is 2.21. The largest absolute Gasteiger partial charge is 0.317 e. The van der Waals surface area contributed by atoms with Crippen molar-refractivity contribution in [3.8, 4) is 0 Å². The van der Waals surface area contributed by atoms with Gasteiger partial charge >= 0.3 is 0 Å². The van der Waals surface area contributed by atoms with E-state index in [1.165, 1.54) is 77.5 Å². The Kier molecular flexibility index (Phi) is 9.59. The van der Waals surface area contributed by atoms with Gasteiger partial charge in [0.2, 0.25) is 0 Å². The first kappa shape index (κ1) is 16.0. The van der Waals surface area contributed by atoms with Crippen LogP contribution >= 0.6 is 0 Å². The number of rotatable bonds is 9. The lowest BCUT2D eigenvalue weighted by molar-refractivity contribution is 0.272. The summed E-state index contributed by atoms with van der Waals surface area (Å²) in [5.41, 5.74) is 0. The Morgan fingerprint density at radius 1 is 1.06 bits per heavy atom. The second-order valence-corrected chi connectivity index (χ2v) is 5.84. The molecule has 1 fully saturated rings. The molecule has 0 aliphatic carbocycles. The summed E-state index contributed by atoms with van der Waals surface area (Å²) in [6.07, 6.45) is 11.3. The number of nitrogens with zero attached hydrogens (tertiary/aromatic N) is 1. The minimum absolute atomic E-state index is 1.02. The van der Waals surface area contributed by atoms with Crippen molar-refractivity contribution in [3.63, 3.8) is 0 Å². The van der Waals surface area contributed by atoms with Gasteiger partial charge in [-0.15, -0.1) is 0 Å².